The molecule has 2 aliphatic carbocycles. The summed E-state index contributed by atoms with van der Waals surface area (Å²) in [5, 5.41) is 2.37. The Hall–Kier alpha value is -1.12. The van der Waals surface area contributed by atoms with Crippen LogP contribution >= 0.6 is 11.3 Å². The molecule has 0 amide bonds. The molecule has 1 aromatic carbocycles. The van der Waals surface area contributed by atoms with Gasteiger partial charge in [-0.2, -0.15) is 0 Å². The number of benzene rings is 1. The van der Waals surface area contributed by atoms with Crippen LogP contribution in [-0.4, -0.2) is 24.1 Å². The number of hydrogen-bond acceptors (Lipinski definition) is 1. The topological polar surface area (TPSA) is 0 Å². The Morgan fingerprint density at radius 3 is 2.88 bits per heavy atom. The summed E-state index contributed by atoms with van der Waals surface area (Å²) in [5.74, 6) is 0.913. The number of likely N-dealkylation sites (N-methyl/N-ethyl adjacent to an activating group) is 1. The van der Waals surface area contributed by atoms with Gasteiger partial charge in [-0.3, -0.25) is 0 Å². The molecule has 0 radical (unpaired) electrons. The third kappa shape index (κ3) is 2.09. The lowest BCUT2D eigenvalue weighted by Gasteiger charge is -2.61. The molecule has 24 heavy (non-hydrogen) atoms. The lowest BCUT2D eigenvalue weighted by Crippen LogP contribution is -2.67. The van der Waals surface area contributed by atoms with Crippen LogP contribution in [0, 0.1) is 5.92 Å². The summed E-state index contributed by atoms with van der Waals surface area (Å²) in [7, 11) is 2.55. The van der Waals surface area contributed by atoms with Crippen LogP contribution < -0.4 is 0 Å². The minimum atomic E-state index is 0.533. The van der Waals surface area contributed by atoms with Crippen molar-refractivity contribution in [3.05, 3.63) is 57.8 Å². The summed E-state index contributed by atoms with van der Waals surface area (Å²) in [5.41, 5.74) is 3.81. The smallest absolute Gasteiger partial charge is 0.104 e. The average molecular weight is 339 g/mol. The molecule has 2 heteroatoms. The van der Waals surface area contributed by atoms with Crippen molar-refractivity contribution < 1.29 is 4.48 Å². The molecule has 0 N–H and O–H groups in total. The summed E-state index contributed by atoms with van der Waals surface area (Å²) >= 11 is 2.03. The molecule has 5 rings (SSSR count). The van der Waals surface area contributed by atoms with Crippen LogP contribution in [0.1, 0.15) is 48.1 Å². The van der Waals surface area contributed by atoms with Crippen LogP contribution in [0.15, 0.2) is 41.8 Å². The zero-order chi connectivity index (χ0) is 16.2. The van der Waals surface area contributed by atoms with E-state index in [4.69, 9.17) is 0 Å². The van der Waals surface area contributed by atoms with Crippen molar-refractivity contribution in [1.29, 1.82) is 0 Å². The van der Waals surface area contributed by atoms with Crippen LogP contribution in [0.3, 0.4) is 0 Å². The predicted octanol–water partition coefficient (Wildman–Crippen LogP) is 5.15. The third-order valence-electron chi connectivity index (χ3n) is 7.49. The number of fused-ring (bicyclic) bond motifs is 1. The fraction of sp³-hybridized carbons (Fsp3) is 0.545. The van der Waals surface area contributed by atoms with Crippen LogP contribution in [0.2, 0.25) is 0 Å². The van der Waals surface area contributed by atoms with E-state index in [2.05, 4.69) is 48.8 Å². The molecular formula is C22H28NS+. The van der Waals surface area contributed by atoms with Crippen molar-refractivity contribution >= 4 is 11.3 Å². The van der Waals surface area contributed by atoms with Crippen molar-refractivity contribution in [3.63, 3.8) is 0 Å². The first-order valence-electron chi connectivity index (χ1n) is 9.66. The van der Waals surface area contributed by atoms with Gasteiger partial charge in [-0.15, -0.1) is 11.3 Å². The Morgan fingerprint density at radius 2 is 2.00 bits per heavy atom. The van der Waals surface area contributed by atoms with Gasteiger partial charge in [0, 0.05) is 34.6 Å². The largest absolute Gasteiger partial charge is 0.319 e. The molecule has 126 valence electrons. The van der Waals surface area contributed by atoms with Gasteiger partial charge in [0.15, 0.2) is 0 Å². The summed E-state index contributed by atoms with van der Waals surface area (Å²) < 4.78 is 1.26. The Bertz CT molecular complexity index is 735. The van der Waals surface area contributed by atoms with Gasteiger partial charge in [0.2, 0.25) is 0 Å². The van der Waals surface area contributed by atoms with E-state index in [1.54, 1.807) is 10.4 Å². The van der Waals surface area contributed by atoms with E-state index in [-0.39, 0.29) is 0 Å². The van der Waals surface area contributed by atoms with E-state index in [1.807, 2.05) is 11.3 Å². The number of nitrogens with zero attached hydrogens (tertiary/aromatic N) is 1. The number of piperidine rings is 1. The molecule has 0 spiro atoms. The number of hydrogen-bond donors (Lipinski definition) is 0. The quantitative estimate of drug-likeness (QED) is 0.664. The van der Waals surface area contributed by atoms with Crippen molar-refractivity contribution in [3.8, 4) is 0 Å². The monoisotopic (exact) mass is 338 g/mol. The Labute approximate surface area is 149 Å². The first kappa shape index (κ1) is 15.2. The minimum absolute atomic E-state index is 0.533. The first-order valence-corrected chi connectivity index (χ1v) is 10.5. The van der Waals surface area contributed by atoms with Crippen molar-refractivity contribution in [2.45, 2.75) is 56.5 Å². The Kier molecular flexibility index (Phi) is 3.44. The highest BCUT2D eigenvalue weighted by Crippen LogP contribution is 2.58. The predicted molar refractivity (Wildman–Crippen MR) is 101 cm³/mol. The van der Waals surface area contributed by atoms with Crippen LogP contribution in [-0.2, 0) is 18.4 Å². The zero-order valence-electron chi connectivity index (χ0n) is 14.7. The van der Waals surface area contributed by atoms with Gasteiger partial charge in [-0.05, 0) is 29.9 Å². The maximum Gasteiger partial charge on any atom is 0.104 e. The van der Waals surface area contributed by atoms with Gasteiger partial charge >= 0.3 is 0 Å². The molecule has 1 aliphatic heterocycles. The molecule has 1 saturated heterocycles. The van der Waals surface area contributed by atoms with Gasteiger partial charge in [0.25, 0.3) is 0 Å². The third-order valence-corrected chi connectivity index (χ3v) is 8.44. The summed E-state index contributed by atoms with van der Waals surface area (Å²) in [6, 6.07) is 14.5. The molecule has 4 atom stereocenters. The molecule has 2 fully saturated rings. The first-order chi connectivity index (χ1) is 11.7. The average Bonchev–Trinajstić information content (AvgIpc) is 3.09. The highest BCUT2D eigenvalue weighted by atomic mass is 32.1. The van der Waals surface area contributed by atoms with Crippen LogP contribution in [0.5, 0.6) is 0 Å². The van der Waals surface area contributed by atoms with Crippen molar-refractivity contribution in [1.82, 2.24) is 0 Å². The maximum atomic E-state index is 2.55. The van der Waals surface area contributed by atoms with Crippen molar-refractivity contribution in [2.75, 3.05) is 13.6 Å². The second kappa shape index (κ2) is 5.44. The highest BCUT2D eigenvalue weighted by Gasteiger charge is 2.59. The van der Waals surface area contributed by atoms with E-state index in [9.17, 15) is 0 Å². The summed E-state index contributed by atoms with van der Waals surface area (Å²) in [6.45, 7) is 2.56. The molecule has 2 heterocycles. The second-order valence-corrected chi connectivity index (χ2v) is 9.63. The Balaban J connectivity index is 1.56. The van der Waals surface area contributed by atoms with E-state index >= 15 is 0 Å². The van der Waals surface area contributed by atoms with Gasteiger partial charge in [0.1, 0.15) is 6.54 Å². The normalized spacial score (nSPS) is 37.5. The van der Waals surface area contributed by atoms with Crippen LogP contribution in [0.4, 0.5) is 0 Å². The number of likely N-dealkylation sites (tertiary alicyclic amines) is 1. The fourth-order valence-corrected chi connectivity index (χ4v) is 7.39. The summed E-state index contributed by atoms with van der Waals surface area (Å²) in [6.07, 6.45) is 8.53. The number of quaternary nitrogens is 1. The lowest BCUT2D eigenvalue weighted by molar-refractivity contribution is -0.957. The molecule has 2 unspecified atom stereocenters. The second-order valence-electron chi connectivity index (χ2n) is 8.63. The standard InChI is InChI=1S/C22H28NS/c1-23(16-17-7-3-2-4-8-17)13-12-22-11-6-5-9-18(22)20(23)15-21-19(22)10-14-24-21/h2-4,7-8,10,14,18,20H,5-6,9,11-13,15-16H2,1H3/q+1/t18?,20-,22-,23?/m0/s1. The highest BCUT2D eigenvalue weighted by molar-refractivity contribution is 7.10. The molecule has 2 bridgehead atoms. The van der Waals surface area contributed by atoms with Gasteiger partial charge in [-0.25, -0.2) is 0 Å². The SMILES string of the molecule is C[N+]1(Cc2ccccc2)CC[C@@]23CCCCC2[C@@H]1Cc1sccc13. The number of rotatable bonds is 2. The van der Waals surface area contributed by atoms with E-state index in [0.717, 1.165) is 12.0 Å². The zero-order valence-corrected chi connectivity index (χ0v) is 15.5. The van der Waals surface area contributed by atoms with E-state index in [1.165, 1.54) is 61.7 Å². The molecular weight excluding hydrogens is 310 g/mol. The van der Waals surface area contributed by atoms with Crippen molar-refractivity contribution in [2.24, 2.45) is 5.92 Å². The molecule has 2 aromatic rings. The Morgan fingerprint density at radius 1 is 1.12 bits per heavy atom. The molecule has 3 aliphatic rings. The van der Waals surface area contributed by atoms with Gasteiger partial charge in [-0.1, -0.05) is 43.2 Å². The van der Waals surface area contributed by atoms with Gasteiger partial charge < -0.3 is 4.48 Å². The minimum Gasteiger partial charge on any atom is -0.319 e. The number of thiophene rings is 1. The molecule has 1 nitrogen and oxygen atoms in total. The van der Waals surface area contributed by atoms with E-state index in [0.29, 0.717) is 5.41 Å². The van der Waals surface area contributed by atoms with E-state index < -0.39 is 0 Å². The lowest BCUT2D eigenvalue weighted by atomic mass is 9.53. The van der Waals surface area contributed by atoms with Crippen LogP contribution in [0.25, 0.3) is 0 Å². The fourth-order valence-electron chi connectivity index (χ4n) is 6.35. The maximum absolute atomic E-state index is 2.55. The van der Waals surface area contributed by atoms with Gasteiger partial charge in [0.05, 0.1) is 19.6 Å². The molecule has 1 saturated carbocycles. The summed E-state index contributed by atoms with van der Waals surface area (Å²) in [4.78, 5) is 1.72. The molecule has 1 aromatic heterocycles.